The molecule has 0 N–H and O–H groups in total. The van der Waals surface area contributed by atoms with Crippen LogP contribution in [0.4, 0.5) is 5.82 Å². The molecular formula is C25H28N6O. The number of rotatable bonds is 6. The summed E-state index contributed by atoms with van der Waals surface area (Å²) >= 11 is 0. The molecule has 0 aliphatic carbocycles. The Morgan fingerprint density at radius 3 is 2.69 bits per heavy atom. The van der Waals surface area contributed by atoms with Gasteiger partial charge in [0, 0.05) is 62.7 Å². The quantitative estimate of drug-likeness (QED) is 0.468. The van der Waals surface area contributed by atoms with Gasteiger partial charge in [0.2, 0.25) is 0 Å². The van der Waals surface area contributed by atoms with Crippen LogP contribution in [-0.2, 0) is 17.6 Å². The summed E-state index contributed by atoms with van der Waals surface area (Å²) in [5.74, 6) is 1.77. The molecule has 5 heterocycles. The molecule has 1 fully saturated rings. The van der Waals surface area contributed by atoms with Crippen molar-refractivity contribution >= 4 is 11.5 Å². The average molecular weight is 429 g/mol. The lowest BCUT2D eigenvalue weighted by atomic mass is 10.1. The van der Waals surface area contributed by atoms with Crippen molar-refractivity contribution in [2.75, 3.05) is 25.1 Å². The van der Waals surface area contributed by atoms with Crippen LogP contribution in [0.15, 0.2) is 48.9 Å². The summed E-state index contributed by atoms with van der Waals surface area (Å²) < 4.78 is 7.58. The number of fused-ring (bicyclic) bond motifs is 1. The Hall–Kier alpha value is -3.32. The molecule has 0 spiro atoms. The average Bonchev–Trinajstić information content (AvgIpc) is 3.42. The van der Waals surface area contributed by atoms with Crippen LogP contribution in [-0.4, -0.2) is 50.6 Å². The summed E-state index contributed by atoms with van der Waals surface area (Å²) in [5.41, 5.74) is 6.36. The molecule has 5 rings (SSSR count). The predicted molar refractivity (Wildman–Crippen MR) is 124 cm³/mol. The summed E-state index contributed by atoms with van der Waals surface area (Å²) in [4.78, 5) is 21.3. The molecule has 0 aromatic carbocycles. The van der Waals surface area contributed by atoms with E-state index in [-0.39, 0.29) is 6.10 Å². The fourth-order valence-corrected chi connectivity index (χ4v) is 4.45. The highest BCUT2D eigenvalue weighted by Gasteiger charge is 2.24. The minimum atomic E-state index is 0.251. The van der Waals surface area contributed by atoms with Crippen LogP contribution in [0.1, 0.15) is 40.5 Å². The van der Waals surface area contributed by atoms with Gasteiger partial charge >= 0.3 is 0 Å². The SMILES string of the molecule is COC1CCN(c2cc(Cc3ccn4ccnc4c3)nc(Cc3cc(C)cc(C)n3)n2)C1. The molecule has 0 amide bonds. The number of hydrogen-bond donors (Lipinski definition) is 0. The van der Waals surface area contributed by atoms with Gasteiger partial charge in [0.1, 0.15) is 17.3 Å². The molecule has 1 atom stereocenters. The number of hydrogen-bond acceptors (Lipinski definition) is 6. The minimum Gasteiger partial charge on any atom is -0.380 e. The van der Waals surface area contributed by atoms with Gasteiger partial charge in [0.25, 0.3) is 0 Å². The molecule has 1 unspecified atom stereocenters. The monoisotopic (exact) mass is 428 g/mol. The van der Waals surface area contributed by atoms with E-state index in [1.54, 1.807) is 7.11 Å². The van der Waals surface area contributed by atoms with Gasteiger partial charge < -0.3 is 14.0 Å². The van der Waals surface area contributed by atoms with E-state index in [9.17, 15) is 0 Å². The molecule has 7 nitrogen and oxygen atoms in total. The molecule has 1 aliphatic rings. The number of nitrogens with zero attached hydrogens (tertiary/aromatic N) is 6. The molecule has 0 radical (unpaired) electrons. The zero-order valence-electron chi connectivity index (χ0n) is 18.8. The predicted octanol–water partition coefficient (Wildman–Crippen LogP) is 3.54. The van der Waals surface area contributed by atoms with E-state index in [2.05, 4.69) is 47.1 Å². The van der Waals surface area contributed by atoms with Crippen LogP contribution in [0, 0.1) is 13.8 Å². The van der Waals surface area contributed by atoms with Crippen LogP contribution in [0.5, 0.6) is 0 Å². The Morgan fingerprint density at radius 2 is 1.88 bits per heavy atom. The van der Waals surface area contributed by atoms with Crippen LogP contribution in [0.2, 0.25) is 0 Å². The van der Waals surface area contributed by atoms with Crippen molar-refractivity contribution in [2.45, 2.75) is 39.2 Å². The maximum Gasteiger partial charge on any atom is 0.136 e. The molecule has 1 saturated heterocycles. The molecule has 7 heteroatoms. The third kappa shape index (κ3) is 4.48. The van der Waals surface area contributed by atoms with Crippen LogP contribution in [0.25, 0.3) is 5.65 Å². The van der Waals surface area contributed by atoms with Crippen molar-refractivity contribution in [1.29, 1.82) is 0 Å². The number of imidazole rings is 1. The third-order valence-electron chi connectivity index (χ3n) is 5.95. The van der Waals surface area contributed by atoms with E-state index in [4.69, 9.17) is 19.7 Å². The number of methoxy groups -OCH3 is 1. The van der Waals surface area contributed by atoms with E-state index >= 15 is 0 Å². The zero-order valence-corrected chi connectivity index (χ0v) is 18.8. The highest BCUT2D eigenvalue weighted by atomic mass is 16.5. The number of aryl methyl sites for hydroxylation is 2. The Balaban J connectivity index is 1.48. The number of ether oxygens (including phenoxy) is 1. The van der Waals surface area contributed by atoms with E-state index < -0.39 is 0 Å². The highest BCUT2D eigenvalue weighted by molar-refractivity contribution is 5.45. The van der Waals surface area contributed by atoms with Crippen LogP contribution < -0.4 is 4.90 Å². The van der Waals surface area contributed by atoms with Crippen molar-refractivity contribution in [3.63, 3.8) is 0 Å². The van der Waals surface area contributed by atoms with Crippen molar-refractivity contribution in [1.82, 2.24) is 24.3 Å². The van der Waals surface area contributed by atoms with Gasteiger partial charge in [-0.3, -0.25) is 4.98 Å². The second kappa shape index (κ2) is 8.67. The molecule has 0 bridgehead atoms. The molecule has 1 aliphatic heterocycles. The van der Waals surface area contributed by atoms with E-state index in [1.165, 1.54) is 11.1 Å². The first-order chi connectivity index (χ1) is 15.6. The number of anilines is 1. The van der Waals surface area contributed by atoms with Crippen molar-refractivity contribution in [3.05, 3.63) is 83.0 Å². The summed E-state index contributed by atoms with van der Waals surface area (Å²) in [6.45, 7) is 5.92. The Bertz CT molecular complexity index is 1230. The lowest BCUT2D eigenvalue weighted by Crippen LogP contribution is -2.24. The van der Waals surface area contributed by atoms with Crippen LogP contribution >= 0.6 is 0 Å². The third-order valence-corrected chi connectivity index (χ3v) is 5.95. The zero-order chi connectivity index (χ0) is 22.1. The maximum absolute atomic E-state index is 5.57. The summed E-state index contributed by atoms with van der Waals surface area (Å²) in [6.07, 6.45) is 8.43. The van der Waals surface area contributed by atoms with Gasteiger partial charge in [-0.05, 0) is 55.7 Å². The fraction of sp³-hybridized carbons (Fsp3) is 0.360. The standard InChI is InChI=1S/C25H28N6O/c1-17-10-18(2)27-20(11-17)14-23-28-21(12-19-4-7-30-9-6-26-24(30)13-19)15-25(29-23)31-8-5-22(16-31)32-3/h4,6-7,9-11,13,15,22H,5,8,12,14,16H2,1-3H3. The Morgan fingerprint density at radius 1 is 1.00 bits per heavy atom. The van der Waals surface area contributed by atoms with Crippen LogP contribution in [0.3, 0.4) is 0 Å². The summed E-state index contributed by atoms with van der Waals surface area (Å²) in [7, 11) is 1.78. The summed E-state index contributed by atoms with van der Waals surface area (Å²) in [5, 5.41) is 0. The molecule has 4 aromatic heterocycles. The first kappa shape index (κ1) is 20.6. The van der Waals surface area contributed by atoms with Gasteiger partial charge in [0.15, 0.2) is 0 Å². The van der Waals surface area contributed by atoms with Crippen molar-refractivity contribution < 1.29 is 4.74 Å². The molecule has 0 saturated carbocycles. The lowest BCUT2D eigenvalue weighted by molar-refractivity contribution is 0.121. The van der Waals surface area contributed by atoms with E-state index in [0.29, 0.717) is 6.42 Å². The smallest absolute Gasteiger partial charge is 0.136 e. The van der Waals surface area contributed by atoms with Gasteiger partial charge in [-0.25, -0.2) is 15.0 Å². The first-order valence-corrected chi connectivity index (χ1v) is 11.1. The van der Waals surface area contributed by atoms with E-state index in [0.717, 1.165) is 60.3 Å². The second-order valence-corrected chi connectivity index (χ2v) is 8.58. The van der Waals surface area contributed by atoms with E-state index in [1.807, 2.05) is 29.9 Å². The van der Waals surface area contributed by atoms with Crippen molar-refractivity contribution in [2.24, 2.45) is 0 Å². The molecule has 4 aromatic rings. The normalized spacial score (nSPS) is 16.2. The maximum atomic E-state index is 5.57. The van der Waals surface area contributed by atoms with Gasteiger partial charge in [-0.2, -0.15) is 0 Å². The Kier molecular flexibility index (Phi) is 5.57. The first-order valence-electron chi connectivity index (χ1n) is 11.1. The van der Waals surface area contributed by atoms with Gasteiger partial charge in [-0.1, -0.05) is 0 Å². The molecular weight excluding hydrogens is 400 g/mol. The second-order valence-electron chi connectivity index (χ2n) is 8.58. The fourth-order valence-electron chi connectivity index (χ4n) is 4.45. The molecule has 164 valence electrons. The van der Waals surface area contributed by atoms with Gasteiger partial charge in [0.05, 0.1) is 18.2 Å². The van der Waals surface area contributed by atoms with Crippen molar-refractivity contribution in [3.8, 4) is 0 Å². The molecule has 32 heavy (non-hydrogen) atoms. The minimum absolute atomic E-state index is 0.251. The number of pyridine rings is 2. The van der Waals surface area contributed by atoms with Gasteiger partial charge in [-0.15, -0.1) is 0 Å². The Labute approximate surface area is 188 Å². The highest BCUT2D eigenvalue weighted by Crippen LogP contribution is 2.23. The lowest BCUT2D eigenvalue weighted by Gasteiger charge is -2.19. The number of aromatic nitrogens is 5. The largest absolute Gasteiger partial charge is 0.380 e. The summed E-state index contributed by atoms with van der Waals surface area (Å²) in [6, 6.07) is 10.6. The topological polar surface area (TPSA) is 68.4 Å².